The molecule has 31 heavy (non-hydrogen) atoms. The van der Waals surface area contributed by atoms with E-state index in [0.717, 1.165) is 38.5 Å². The number of fused-ring (bicyclic) bond motifs is 3. The molecule has 0 spiro atoms. The number of anilines is 1. The van der Waals surface area contributed by atoms with E-state index in [0.29, 0.717) is 24.3 Å². The first-order valence-corrected chi connectivity index (χ1v) is 11.2. The smallest absolute Gasteiger partial charge is 0.354 e. The summed E-state index contributed by atoms with van der Waals surface area (Å²) in [6.45, 7) is 0.982. The summed E-state index contributed by atoms with van der Waals surface area (Å²) < 4.78 is 5.54. The zero-order valence-electron chi connectivity index (χ0n) is 17.5. The second kappa shape index (κ2) is 7.66. The molecule has 1 aromatic rings. The molecule has 3 aliphatic heterocycles. The van der Waals surface area contributed by atoms with Gasteiger partial charge in [-0.1, -0.05) is 25.0 Å². The predicted octanol–water partition coefficient (Wildman–Crippen LogP) is 2.07. The molecular weight excluding hydrogens is 398 g/mol. The third kappa shape index (κ3) is 3.20. The van der Waals surface area contributed by atoms with Crippen LogP contribution in [0.2, 0.25) is 0 Å². The molecule has 5 rings (SSSR count). The molecule has 164 valence electrons. The molecule has 0 N–H and O–H groups in total. The van der Waals surface area contributed by atoms with Gasteiger partial charge in [0.15, 0.2) is 6.61 Å². The molecule has 0 aromatic heterocycles. The number of amides is 3. The van der Waals surface area contributed by atoms with E-state index in [2.05, 4.69) is 0 Å². The highest BCUT2D eigenvalue weighted by molar-refractivity contribution is 6.15. The SMILES string of the molecule is O=C(COC(=O)[C@]12CCC(=O)N1c1ccccc1C(=O)N2C1CC1)N1CCCCCC1. The van der Waals surface area contributed by atoms with Gasteiger partial charge in [-0.3, -0.25) is 19.3 Å². The Morgan fingerprint density at radius 2 is 1.74 bits per heavy atom. The molecule has 0 radical (unpaired) electrons. The van der Waals surface area contributed by atoms with Crippen LogP contribution in [0.3, 0.4) is 0 Å². The Morgan fingerprint density at radius 3 is 2.45 bits per heavy atom. The molecular formula is C23H27N3O5. The second-order valence-electron chi connectivity index (χ2n) is 8.84. The monoisotopic (exact) mass is 425 g/mol. The maximum atomic E-state index is 13.5. The summed E-state index contributed by atoms with van der Waals surface area (Å²) in [5.41, 5.74) is -0.626. The minimum atomic E-state index is -1.50. The van der Waals surface area contributed by atoms with Crippen molar-refractivity contribution in [3.8, 4) is 0 Å². The second-order valence-corrected chi connectivity index (χ2v) is 8.84. The number of esters is 1. The van der Waals surface area contributed by atoms with Crippen LogP contribution in [-0.2, 0) is 19.1 Å². The number of nitrogens with zero attached hydrogens (tertiary/aromatic N) is 3. The van der Waals surface area contributed by atoms with E-state index < -0.39 is 11.6 Å². The maximum Gasteiger partial charge on any atom is 0.354 e. The molecule has 2 saturated heterocycles. The predicted molar refractivity (Wildman–Crippen MR) is 111 cm³/mol. The average molecular weight is 425 g/mol. The fourth-order valence-electron chi connectivity index (χ4n) is 5.17. The van der Waals surface area contributed by atoms with Crippen LogP contribution in [-0.4, -0.2) is 64.9 Å². The number of hydrogen-bond donors (Lipinski definition) is 0. The van der Waals surface area contributed by atoms with Crippen molar-refractivity contribution in [3.63, 3.8) is 0 Å². The zero-order chi connectivity index (χ0) is 21.6. The van der Waals surface area contributed by atoms with Crippen molar-refractivity contribution in [2.24, 2.45) is 0 Å². The first-order chi connectivity index (χ1) is 15.0. The lowest BCUT2D eigenvalue weighted by Gasteiger charge is -2.48. The number of hydrogen-bond acceptors (Lipinski definition) is 5. The van der Waals surface area contributed by atoms with E-state index in [1.54, 1.807) is 34.1 Å². The summed E-state index contributed by atoms with van der Waals surface area (Å²) in [5, 5.41) is 0. The van der Waals surface area contributed by atoms with E-state index in [4.69, 9.17) is 4.74 Å². The normalized spacial score (nSPS) is 25.7. The van der Waals surface area contributed by atoms with Crippen LogP contribution in [0.4, 0.5) is 5.69 Å². The van der Waals surface area contributed by atoms with Gasteiger partial charge in [-0.15, -0.1) is 0 Å². The number of likely N-dealkylation sites (tertiary alicyclic amines) is 1. The fourth-order valence-corrected chi connectivity index (χ4v) is 5.17. The van der Waals surface area contributed by atoms with Crippen molar-refractivity contribution < 1.29 is 23.9 Å². The standard InChI is InChI=1S/C23H27N3O5/c27-19-11-12-23(22(30)31-15-20(28)24-13-5-1-2-6-14-24)25(16-9-10-16)21(29)17-7-3-4-8-18(17)26(19)23/h3-4,7-8,16H,1-2,5-6,9-15H2/t23-/m0/s1. The van der Waals surface area contributed by atoms with Crippen molar-refractivity contribution in [3.05, 3.63) is 29.8 Å². The van der Waals surface area contributed by atoms with Gasteiger partial charge in [-0.2, -0.15) is 0 Å². The minimum absolute atomic E-state index is 0.0943. The summed E-state index contributed by atoms with van der Waals surface area (Å²) >= 11 is 0. The highest BCUT2D eigenvalue weighted by Gasteiger charge is 2.64. The van der Waals surface area contributed by atoms with Crippen LogP contribution in [0, 0.1) is 0 Å². The molecule has 3 amide bonds. The number of para-hydroxylation sites is 1. The summed E-state index contributed by atoms with van der Waals surface area (Å²) in [7, 11) is 0. The molecule has 3 heterocycles. The quantitative estimate of drug-likeness (QED) is 0.690. The summed E-state index contributed by atoms with van der Waals surface area (Å²) in [6.07, 6.45) is 6.01. The summed E-state index contributed by atoms with van der Waals surface area (Å²) in [5.74, 6) is -1.36. The third-order valence-electron chi connectivity index (χ3n) is 6.82. The molecule has 1 aliphatic carbocycles. The molecule has 0 bridgehead atoms. The van der Waals surface area contributed by atoms with Gasteiger partial charge < -0.3 is 14.5 Å². The van der Waals surface area contributed by atoms with Gasteiger partial charge in [0.2, 0.25) is 11.6 Å². The van der Waals surface area contributed by atoms with Crippen LogP contribution in [0.5, 0.6) is 0 Å². The fraction of sp³-hybridized carbons (Fsp3) is 0.565. The van der Waals surface area contributed by atoms with Crippen LogP contribution in [0.15, 0.2) is 24.3 Å². The van der Waals surface area contributed by atoms with Gasteiger partial charge in [-0.25, -0.2) is 4.79 Å². The molecule has 1 atom stereocenters. The first kappa shape index (κ1) is 20.0. The number of carbonyl (C=O) groups is 4. The van der Waals surface area contributed by atoms with Gasteiger partial charge in [-0.05, 0) is 37.8 Å². The minimum Gasteiger partial charge on any atom is -0.452 e. The Hall–Kier alpha value is -2.90. The largest absolute Gasteiger partial charge is 0.452 e. The van der Waals surface area contributed by atoms with E-state index in [1.165, 1.54) is 4.90 Å². The van der Waals surface area contributed by atoms with Crippen molar-refractivity contribution in [2.45, 2.75) is 63.1 Å². The van der Waals surface area contributed by atoms with Crippen LogP contribution in [0.1, 0.15) is 61.7 Å². The maximum absolute atomic E-state index is 13.5. The topological polar surface area (TPSA) is 87.2 Å². The highest BCUT2D eigenvalue weighted by atomic mass is 16.5. The van der Waals surface area contributed by atoms with Gasteiger partial charge in [0.1, 0.15) is 0 Å². The summed E-state index contributed by atoms with van der Waals surface area (Å²) in [4.78, 5) is 57.2. The Balaban J connectivity index is 1.44. The molecule has 4 aliphatic rings. The van der Waals surface area contributed by atoms with Crippen molar-refractivity contribution in [1.82, 2.24) is 9.80 Å². The highest BCUT2D eigenvalue weighted by Crippen LogP contribution is 2.49. The molecule has 8 nitrogen and oxygen atoms in total. The number of ether oxygens (including phenoxy) is 1. The van der Waals surface area contributed by atoms with Gasteiger partial charge in [0.05, 0.1) is 11.3 Å². The first-order valence-electron chi connectivity index (χ1n) is 11.2. The Bertz CT molecular complexity index is 935. The van der Waals surface area contributed by atoms with Crippen LogP contribution in [0.25, 0.3) is 0 Å². The number of carbonyl (C=O) groups excluding carboxylic acids is 4. The lowest BCUT2D eigenvalue weighted by molar-refractivity contribution is -0.162. The van der Waals surface area contributed by atoms with Gasteiger partial charge >= 0.3 is 5.97 Å². The van der Waals surface area contributed by atoms with Crippen molar-refractivity contribution in [1.29, 1.82) is 0 Å². The molecule has 1 aromatic carbocycles. The Morgan fingerprint density at radius 1 is 1.03 bits per heavy atom. The molecule has 1 saturated carbocycles. The summed E-state index contributed by atoms with van der Waals surface area (Å²) in [6, 6.07) is 6.81. The van der Waals surface area contributed by atoms with Crippen molar-refractivity contribution >= 4 is 29.4 Å². The Kier molecular flexibility index (Phi) is 4.95. The molecule has 0 unspecified atom stereocenters. The van der Waals surface area contributed by atoms with E-state index in [-0.39, 0.29) is 43.2 Å². The van der Waals surface area contributed by atoms with E-state index >= 15 is 0 Å². The third-order valence-corrected chi connectivity index (χ3v) is 6.82. The number of benzene rings is 1. The lowest BCUT2D eigenvalue weighted by atomic mass is 9.96. The van der Waals surface area contributed by atoms with Gasteiger partial charge in [0.25, 0.3) is 11.8 Å². The molecule has 8 heteroatoms. The zero-order valence-corrected chi connectivity index (χ0v) is 17.5. The van der Waals surface area contributed by atoms with E-state index in [9.17, 15) is 19.2 Å². The number of rotatable bonds is 4. The average Bonchev–Trinajstić information content (AvgIpc) is 3.58. The Labute approximate surface area is 181 Å². The van der Waals surface area contributed by atoms with Gasteiger partial charge in [0, 0.05) is 32.0 Å². The van der Waals surface area contributed by atoms with E-state index in [1.807, 2.05) is 0 Å². The molecule has 3 fully saturated rings. The van der Waals surface area contributed by atoms with Crippen molar-refractivity contribution in [2.75, 3.05) is 24.6 Å². The lowest BCUT2D eigenvalue weighted by Crippen LogP contribution is -2.69. The van der Waals surface area contributed by atoms with Crippen LogP contribution < -0.4 is 4.90 Å². The van der Waals surface area contributed by atoms with Crippen LogP contribution >= 0.6 is 0 Å².